The van der Waals surface area contributed by atoms with E-state index in [0.29, 0.717) is 17.5 Å². The number of nitrogens with zero attached hydrogens (tertiary/aromatic N) is 1. The van der Waals surface area contributed by atoms with Gasteiger partial charge in [0.05, 0.1) is 5.69 Å². The Balaban J connectivity index is 2.53. The molecule has 0 aliphatic rings. The van der Waals surface area contributed by atoms with Crippen molar-refractivity contribution in [3.05, 3.63) is 29.3 Å². The molecular weight excluding hydrogens is 262 g/mol. The highest BCUT2D eigenvalue weighted by Gasteiger charge is 2.18. The Hall–Kier alpha value is -1.26. The molecule has 1 rings (SSSR count). The number of anilines is 1. The zero-order valence-corrected chi connectivity index (χ0v) is 12.4. The lowest BCUT2D eigenvalue weighted by atomic mass is 10.1. The summed E-state index contributed by atoms with van der Waals surface area (Å²) in [5, 5.41) is 4.98. The van der Waals surface area contributed by atoms with E-state index in [1.807, 2.05) is 0 Å². The van der Waals surface area contributed by atoms with Crippen LogP contribution in [0.25, 0.3) is 0 Å². The van der Waals surface area contributed by atoms with Gasteiger partial charge in [0.1, 0.15) is 6.04 Å². The molecule has 1 atom stereocenters. The Bertz CT molecular complexity index is 406. The number of hydrazine groups is 1. The van der Waals surface area contributed by atoms with Crippen LogP contribution in [-0.4, -0.2) is 18.5 Å². The Kier molecular flexibility index (Phi) is 6.12. The molecule has 5 heteroatoms. The van der Waals surface area contributed by atoms with Crippen LogP contribution in [0.1, 0.15) is 27.2 Å². The molecule has 1 aromatic rings. The standard InChI is InChI=1S/C14H22ClN3O/c1-10(2)8-9-17-14(19)11(3)18(16)13-6-4-12(15)5-7-13/h4-7,10-11H,8-9,16H2,1-3H3,(H,17,19). The van der Waals surface area contributed by atoms with Crippen molar-refractivity contribution in [1.82, 2.24) is 5.32 Å². The van der Waals surface area contributed by atoms with Gasteiger partial charge < -0.3 is 5.32 Å². The lowest BCUT2D eigenvalue weighted by Crippen LogP contribution is -2.49. The summed E-state index contributed by atoms with van der Waals surface area (Å²) in [5.74, 6) is 6.45. The number of amides is 1. The smallest absolute Gasteiger partial charge is 0.244 e. The third-order valence-electron chi connectivity index (χ3n) is 2.94. The first kappa shape index (κ1) is 15.8. The molecule has 0 aromatic heterocycles. The number of carbonyl (C=O) groups is 1. The minimum absolute atomic E-state index is 0.0712. The minimum atomic E-state index is -0.423. The van der Waals surface area contributed by atoms with Gasteiger partial charge in [-0.25, -0.2) is 5.84 Å². The molecule has 4 nitrogen and oxygen atoms in total. The number of hydrogen-bond donors (Lipinski definition) is 2. The maximum absolute atomic E-state index is 11.9. The van der Waals surface area contributed by atoms with Gasteiger partial charge in [-0.05, 0) is 43.5 Å². The fourth-order valence-corrected chi connectivity index (χ4v) is 1.72. The summed E-state index contributed by atoms with van der Waals surface area (Å²) in [6, 6.07) is 6.66. The monoisotopic (exact) mass is 283 g/mol. The van der Waals surface area contributed by atoms with Crippen LogP contribution in [0.3, 0.4) is 0 Å². The topological polar surface area (TPSA) is 58.4 Å². The van der Waals surface area contributed by atoms with Crippen LogP contribution in [-0.2, 0) is 4.79 Å². The molecule has 0 radical (unpaired) electrons. The highest BCUT2D eigenvalue weighted by atomic mass is 35.5. The highest BCUT2D eigenvalue weighted by Crippen LogP contribution is 2.17. The van der Waals surface area contributed by atoms with Gasteiger partial charge in [0, 0.05) is 11.6 Å². The van der Waals surface area contributed by atoms with Gasteiger partial charge in [-0.15, -0.1) is 0 Å². The number of benzene rings is 1. The Morgan fingerprint density at radius 2 is 1.89 bits per heavy atom. The molecule has 0 heterocycles. The minimum Gasteiger partial charge on any atom is -0.354 e. The molecule has 0 aliphatic heterocycles. The number of hydrogen-bond acceptors (Lipinski definition) is 3. The average Bonchev–Trinajstić information content (AvgIpc) is 2.37. The van der Waals surface area contributed by atoms with Gasteiger partial charge in [-0.3, -0.25) is 9.80 Å². The first-order valence-corrected chi connectivity index (χ1v) is 6.86. The van der Waals surface area contributed by atoms with Gasteiger partial charge in [0.25, 0.3) is 0 Å². The molecule has 0 fully saturated rings. The third-order valence-corrected chi connectivity index (χ3v) is 3.19. The number of rotatable bonds is 6. The van der Waals surface area contributed by atoms with Crippen LogP contribution in [0.5, 0.6) is 0 Å². The predicted octanol–water partition coefficient (Wildman–Crippen LogP) is 2.57. The van der Waals surface area contributed by atoms with Crippen LogP contribution in [0.15, 0.2) is 24.3 Å². The van der Waals surface area contributed by atoms with E-state index in [1.165, 1.54) is 5.01 Å². The van der Waals surface area contributed by atoms with E-state index in [0.717, 1.165) is 12.1 Å². The van der Waals surface area contributed by atoms with Crippen LogP contribution in [0, 0.1) is 5.92 Å². The molecule has 19 heavy (non-hydrogen) atoms. The zero-order valence-electron chi connectivity index (χ0n) is 11.7. The van der Waals surface area contributed by atoms with Crippen molar-refractivity contribution in [2.24, 2.45) is 11.8 Å². The Morgan fingerprint density at radius 1 is 1.32 bits per heavy atom. The fraction of sp³-hybridized carbons (Fsp3) is 0.500. The lowest BCUT2D eigenvalue weighted by Gasteiger charge is -2.25. The van der Waals surface area contributed by atoms with Crippen LogP contribution in [0.2, 0.25) is 5.02 Å². The van der Waals surface area contributed by atoms with E-state index >= 15 is 0 Å². The molecular formula is C14H22ClN3O. The molecule has 3 N–H and O–H groups in total. The molecule has 1 aromatic carbocycles. The van der Waals surface area contributed by atoms with E-state index in [-0.39, 0.29) is 5.91 Å². The van der Waals surface area contributed by atoms with Crippen molar-refractivity contribution in [3.63, 3.8) is 0 Å². The summed E-state index contributed by atoms with van der Waals surface area (Å²) < 4.78 is 0. The average molecular weight is 284 g/mol. The quantitative estimate of drug-likeness (QED) is 0.623. The summed E-state index contributed by atoms with van der Waals surface area (Å²) >= 11 is 5.82. The van der Waals surface area contributed by atoms with E-state index in [9.17, 15) is 4.79 Å². The highest BCUT2D eigenvalue weighted by molar-refractivity contribution is 6.30. The zero-order chi connectivity index (χ0) is 14.4. The second-order valence-corrected chi connectivity index (χ2v) is 5.47. The lowest BCUT2D eigenvalue weighted by molar-refractivity contribution is -0.122. The maximum atomic E-state index is 11.9. The first-order chi connectivity index (χ1) is 8.91. The van der Waals surface area contributed by atoms with Gasteiger partial charge in [0.15, 0.2) is 0 Å². The second-order valence-electron chi connectivity index (χ2n) is 5.03. The fourth-order valence-electron chi connectivity index (χ4n) is 1.59. The van der Waals surface area contributed by atoms with Crippen LogP contribution < -0.4 is 16.2 Å². The van der Waals surface area contributed by atoms with E-state index in [1.54, 1.807) is 31.2 Å². The largest absolute Gasteiger partial charge is 0.354 e. The summed E-state index contributed by atoms with van der Waals surface area (Å²) in [6.07, 6.45) is 0.962. The molecule has 0 saturated heterocycles. The molecule has 0 saturated carbocycles. The third kappa shape index (κ3) is 5.09. The molecule has 0 aliphatic carbocycles. The summed E-state index contributed by atoms with van der Waals surface area (Å²) in [6.45, 7) is 6.70. The van der Waals surface area contributed by atoms with E-state index in [2.05, 4.69) is 19.2 Å². The van der Waals surface area contributed by atoms with Crippen molar-refractivity contribution < 1.29 is 4.79 Å². The van der Waals surface area contributed by atoms with Crippen molar-refractivity contribution >= 4 is 23.2 Å². The first-order valence-electron chi connectivity index (χ1n) is 6.49. The predicted molar refractivity (Wildman–Crippen MR) is 80.0 cm³/mol. The van der Waals surface area contributed by atoms with Crippen molar-refractivity contribution in [1.29, 1.82) is 0 Å². The van der Waals surface area contributed by atoms with Crippen molar-refractivity contribution in [2.75, 3.05) is 11.6 Å². The molecule has 0 spiro atoms. The molecule has 1 unspecified atom stereocenters. The van der Waals surface area contributed by atoms with Gasteiger partial charge in [0.2, 0.25) is 5.91 Å². The molecule has 106 valence electrons. The van der Waals surface area contributed by atoms with Gasteiger partial charge in [-0.1, -0.05) is 25.4 Å². The van der Waals surface area contributed by atoms with E-state index < -0.39 is 6.04 Å². The summed E-state index contributed by atoms with van der Waals surface area (Å²) in [5.41, 5.74) is 0.760. The Labute approximate surface area is 119 Å². The van der Waals surface area contributed by atoms with Gasteiger partial charge >= 0.3 is 0 Å². The normalized spacial score (nSPS) is 12.3. The van der Waals surface area contributed by atoms with Gasteiger partial charge in [-0.2, -0.15) is 0 Å². The van der Waals surface area contributed by atoms with Crippen LogP contribution in [0.4, 0.5) is 5.69 Å². The maximum Gasteiger partial charge on any atom is 0.244 e. The number of halogens is 1. The molecule has 1 amide bonds. The van der Waals surface area contributed by atoms with E-state index in [4.69, 9.17) is 17.4 Å². The SMILES string of the molecule is CC(C)CCNC(=O)C(C)N(N)c1ccc(Cl)cc1. The van der Waals surface area contributed by atoms with Crippen molar-refractivity contribution in [3.8, 4) is 0 Å². The second kappa shape index (κ2) is 7.36. The Morgan fingerprint density at radius 3 is 2.42 bits per heavy atom. The number of nitrogens with one attached hydrogen (secondary N) is 1. The molecule has 0 bridgehead atoms. The van der Waals surface area contributed by atoms with Crippen molar-refractivity contribution in [2.45, 2.75) is 33.2 Å². The number of carbonyl (C=O) groups excluding carboxylic acids is 1. The summed E-state index contributed by atoms with van der Waals surface area (Å²) in [4.78, 5) is 11.9. The summed E-state index contributed by atoms with van der Waals surface area (Å²) in [7, 11) is 0. The number of nitrogens with two attached hydrogens (primary N) is 1. The van der Waals surface area contributed by atoms with Crippen LogP contribution >= 0.6 is 11.6 Å².